The summed E-state index contributed by atoms with van der Waals surface area (Å²) in [6.07, 6.45) is 1.42. The summed E-state index contributed by atoms with van der Waals surface area (Å²) in [5.74, 6) is -0.651. The molecular weight excluding hydrogens is 463 g/mol. The van der Waals surface area contributed by atoms with Crippen LogP contribution in [0.4, 0.5) is 14.9 Å². The van der Waals surface area contributed by atoms with Crippen molar-refractivity contribution in [1.82, 2.24) is 14.5 Å². The third-order valence-corrected chi connectivity index (χ3v) is 7.29. The summed E-state index contributed by atoms with van der Waals surface area (Å²) >= 11 is 0. The van der Waals surface area contributed by atoms with Gasteiger partial charge >= 0.3 is 6.03 Å². The number of piperazine rings is 1. The summed E-state index contributed by atoms with van der Waals surface area (Å²) in [6.45, 7) is 1.06. The molecule has 11 heteroatoms. The Balaban J connectivity index is 1.25. The molecule has 4 rings (SSSR count). The predicted octanol–water partition coefficient (Wildman–Crippen LogP) is 2.89. The second-order valence-corrected chi connectivity index (χ2v) is 9.57. The summed E-state index contributed by atoms with van der Waals surface area (Å²) in [5.41, 5.74) is 1.43. The Labute approximate surface area is 196 Å². The van der Waals surface area contributed by atoms with Crippen molar-refractivity contribution < 1.29 is 26.8 Å². The van der Waals surface area contributed by atoms with E-state index in [9.17, 15) is 22.4 Å². The number of anilines is 1. The minimum absolute atomic E-state index is 0.0237. The van der Waals surface area contributed by atoms with E-state index in [2.05, 4.69) is 10.6 Å². The average Bonchev–Trinajstić information content (AvgIpc) is 3.39. The van der Waals surface area contributed by atoms with Crippen molar-refractivity contribution in [3.05, 3.63) is 84.1 Å². The van der Waals surface area contributed by atoms with Crippen LogP contribution in [-0.4, -0.2) is 55.7 Å². The van der Waals surface area contributed by atoms with E-state index >= 15 is 0 Å². The van der Waals surface area contributed by atoms with E-state index < -0.39 is 15.8 Å². The Hall–Kier alpha value is -3.70. The Morgan fingerprint density at radius 3 is 2.24 bits per heavy atom. The zero-order chi connectivity index (χ0) is 24.1. The van der Waals surface area contributed by atoms with Crippen molar-refractivity contribution in [3.8, 4) is 0 Å². The number of urea groups is 1. The zero-order valence-corrected chi connectivity index (χ0v) is 18.9. The van der Waals surface area contributed by atoms with Gasteiger partial charge in [0, 0.05) is 38.4 Å². The van der Waals surface area contributed by atoms with Gasteiger partial charge in [0.1, 0.15) is 5.82 Å². The molecule has 0 atom stereocenters. The number of carbonyl (C=O) groups excluding carboxylic acids is 2. The first kappa shape index (κ1) is 23.5. The largest absolute Gasteiger partial charge is 0.459 e. The third kappa shape index (κ3) is 5.43. The lowest BCUT2D eigenvalue weighted by molar-refractivity contribution is 0.0996. The van der Waals surface area contributed by atoms with Crippen LogP contribution >= 0.6 is 0 Å². The molecule has 0 radical (unpaired) electrons. The number of sulfonamides is 1. The highest BCUT2D eigenvalue weighted by atomic mass is 32.2. The number of halogens is 1. The van der Waals surface area contributed by atoms with Gasteiger partial charge in [-0.05, 0) is 54.1 Å². The van der Waals surface area contributed by atoms with Crippen LogP contribution in [0.3, 0.4) is 0 Å². The van der Waals surface area contributed by atoms with Gasteiger partial charge in [-0.2, -0.15) is 4.31 Å². The topological polar surface area (TPSA) is 112 Å². The standard InChI is InChI=1S/C23H23FN4O5S/c24-18-5-9-20(10-6-18)34(31,32)28-13-11-27(12-14-28)23(30)25-16-17-3-7-19(8-4-17)26-22(29)21-2-1-15-33-21/h1-10,15H,11-14,16H2,(H,25,30)(H,26,29). The molecule has 178 valence electrons. The van der Waals surface area contributed by atoms with Crippen molar-refractivity contribution in [2.45, 2.75) is 11.4 Å². The van der Waals surface area contributed by atoms with Gasteiger partial charge in [0.2, 0.25) is 10.0 Å². The van der Waals surface area contributed by atoms with Gasteiger partial charge in [-0.25, -0.2) is 17.6 Å². The summed E-state index contributed by atoms with van der Waals surface area (Å²) in [5, 5.41) is 5.54. The van der Waals surface area contributed by atoms with Crippen molar-refractivity contribution in [3.63, 3.8) is 0 Å². The molecule has 1 aliphatic heterocycles. The van der Waals surface area contributed by atoms with Crippen LogP contribution in [0.15, 0.2) is 76.2 Å². The van der Waals surface area contributed by atoms with E-state index in [1.807, 2.05) is 0 Å². The molecule has 1 saturated heterocycles. The Morgan fingerprint density at radius 1 is 0.941 bits per heavy atom. The smallest absolute Gasteiger partial charge is 0.317 e. The maximum atomic E-state index is 13.1. The molecule has 0 saturated carbocycles. The molecular formula is C23H23FN4O5S. The van der Waals surface area contributed by atoms with Crippen LogP contribution in [-0.2, 0) is 16.6 Å². The molecule has 1 aliphatic rings. The van der Waals surface area contributed by atoms with Crippen molar-refractivity contribution in [2.75, 3.05) is 31.5 Å². The summed E-state index contributed by atoms with van der Waals surface area (Å²) in [4.78, 5) is 26.1. The van der Waals surface area contributed by atoms with Gasteiger partial charge in [0.05, 0.1) is 11.2 Å². The number of rotatable bonds is 6. The monoisotopic (exact) mass is 486 g/mol. The van der Waals surface area contributed by atoms with Gasteiger partial charge in [-0.15, -0.1) is 0 Å². The maximum absolute atomic E-state index is 13.1. The number of furan rings is 1. The Kier molecular flexibility index (Phi) is 6.94. The van der Waals surface area contributed by atoms with Crippen LogP contribution in [0.25, 0.3) is 0 Å². The van der Waals surface area contributed by atoms with Gasteiger partial charge in [0.15, 0.2) is 5.76 Å². The predicted molar refractivity (Wildman–Crippen MR) is 122 cm³/mol. The fourth-order valence-electron chi connectivity index (χ4n) is 3.48. The fraction of sp³-hybridized carbons (Fsp3) is 0.217. The van der Waals surface area contributed by atoms with E-state index in [4.69, 9.17) is 4.42 Å². The zero-order valence-electron chi connectivity index (χ0n) is 18.1. The first-order valence-corrected chi connectivity index (χ1v) is 12.0. The van der Waals surface area contributed by atoms with E-state index in [1.54, 1.807) is 41.3 Å². The number of nitrogens with zero attached hydrogens (tertiary/aromatic N) is 2. The first-order chi connectivity index (χ1) is 16.3. The van der Waals surface area contributed by atoms with Gasteiger partial charge in [-0.3, -0.25) is 4.79 Å². The third-order valence-electron chi connectivity index (χ3n) is 5.38. The Bertz CT molecular complexity index is 1240. The van der Waals surface area contributed by atoms with Gasteiger partial charge in [0.25, 0.3) is 5.91 Å². The lowest BCUT2D eigenvalue weighted by Gasteiger charge is -2.34. The quantitative estimate of drug-likeness (QED) is 0.557. The lowest BCUT2D eigenvalue weighted by Crippen LogP contribution is -2.52. The molecule has 2 heterocycles. The van der Waals surface area contributed by atoms with E-state index in [1.165, 1.54) is 22.7 Å². The second-order valence-electron chi connectivity index (χ2n) is 7.63. The highest BCUT2D eigenvalue weighted by Crippen LogP contribution is 2.18. The number of hydrogen-bond donors (Lipinski definition) is 2. The summed E-state index contributed by atoms with van der Waals surface area (Å²) in [6, 6.07) is 14.6. The van der Waals surface area contributed by atoms with Gasteiger partial charge in [-0.1, -0.05) is 12.1 Å². The number of nitrogens with one attached hydrogen (secondary N) is 2. The molecule has 0 aliphatic carbocycles. The van der Waals surface area contributed by atoms with Crippen molar-refractivity contribution in [1.29, 1.82) is 0 Å². The minimum Gasteiger partial charge on any atom is -0.459 e. The van der Waals surface area contributed by atoms with Gasteiger partial charge < -0.3 is 20.0 Å². The normalized spacial score (nSPS) is 14.6. The lowest BCUT2D eigenvalue weighted by atomic mass is 10.2. The number of carbonyl (C=O) groups is 2. The van der Waals surface area contributed by atoms with Crippen LogP contribution in [0.2, 0.25) is 0 Å². The fourth-order valence-corrected chi connectivity index (χ4v) is 4.91. The first-order valence-electron chi connectivity index (χ1n) is 10.6. The molecule has 0 unspecified atom stereocenters. The molecule has 3 aromatic rings. The van der Waals surface area contributed by atoms with Crippen LogP contribution in [0.5, 0.6) is 0 Å². The SMILES string of the molecule is O=C(Nc1ccc(CNC(=O)N2CCN(S(=O)(=O)c3ccc(F)cc3)CC2)cc1)c1ccco1. The minimum atomic E-state index is -3.74. The average molecular weight is 487 g/mol. The van der Waals surface area contributed by atoms with Crippen molar-refractivity contribution in [2.24, 2.45) is 0 Å². The molecule has 1 aromatic heterocycles. The molecule has 2 aromatic carbocycles. The highest BCUT2D eigenvalue weighted by molar-refractivity contribution is 7.89. The molecule has 3 amide bonds. The van der Waals surface area contributed by atoms with Crippen molar-refractivity contribution >= 4 is 27.6 Å². The number of hydrogen-bond acceptors (Lipinski definition) is 5. The maximum Gasteiger partial charge on any atom is 0.317 e. The van der Waals surface area contributed by atoms with Crippen LogP contribution in [0.1, 0.15) is 16.1 Å². The van der Waals surface area contributed by atoms with E-state index in [0.29, 0.717) is 5.69 Å². The number of amides is 3. The molecule has 9 nitrogen and oxygen atoms in total. The Morgan fingerprint density at radius 2 is 1.62 bits per heavy atom. The number of benzene rings is 2. The summed E-state index contributed by atoms with van der Waals surface area (Å²) < 4.78 is 44.8. The molecule has 2 N–H and O–H groups in total. The van der Waals surface area contributed by atoms with E-state index in [0.717, 1.165) is 17.7 Å². The van der Waals surface area contributed by atoms with Crippen LogP contribution in [0, 0.1) is 5.82 Å². The van der Waals surface area contributed by atoms with E-state index in [-0.39, 0.29) is 55.3 Å². The summed E-state index contributed by atoms with van der Waals surface area (Å²) in [7, 11) is -3.74. The molecule has 0 spiro atoms. The second kappa shape index (κ2) is 10.1. The molecule has 34 heavy (non-hydrogen) atoms. The molecule has 0 bridgehead atoms. The molecule has 1 fully saturated rings. The van der Waals surface area contributed by atoms with Crippen LogP contribution < -0.4 is 10.6 Å². The highest BCUT2D eigenvalue weighted by Gasteiger charge is 2.30.